The van der Waals surface area contributed by atoms with Crippen LogP contribution in [0, 0.1) is 6.92 Å². The Morgan fingerprint density at radius 3 is 2.42 bits per heavy atom. The van der Waals surface area contributed by atoms with Crippen LogP contribution in [0.4, 0.5) is 0 Å². The molecule has 1 aromatic carbocycles. The number of methoxy groups -OCH3 is 1. The number of benzene rings is 1. The average molecular weight is 279 g/mol. The molecule has 100 valence electrons. The molecule has 0 saturated carbocycles. The van der Waals surface area contributed by atoms with Crippen molar-refractivity contribution in [2.24, 2.45) is 0 Å². The van der Waals surface area contributed by atoms with E-state index in [4.69, 9.17) is 0 Å². The smallest absolute Gasteiger partial charge is 0.355 e. The van der Waals surface area contributed by atoms with Crippen molar-refractivity contribution >= 4 is 16.0 Å². The van der Waals surface area contributed by atoms with Crippen LogP contribution in [0.3, 0.4) is 0 Å². The Hall–Kier alpha value is -2.08. The molecule has 1 aromatic heterocycles. The van der Waals surface area contributed by atoms with Gasteiger partial charge in [-0.3, -0.25) is 0 Å². The van der Waals surface area contributed by atoms with Crippen LogP contribution < -0.4 is 0 Å². The summed E-state index contributed by atoms with van der Waals surface area (Å²) in [6.45, 7) is 1.71. The van der Waals surface area contributed by atoms with Crippen molar-refractivity contribution < 1.29 is 17.9 Å². The fourth-order valence-electron chi connectivity index (χ4n) is 1.73. The summed E-state index contributed by atoms with van der Waals surface area (Å²) < 4.78 is 30.4. The molecule has 6 heteroatoms. The first-order valence-electron chi connectivity index (χ1n) is 5.55. The van der Waals surface area contributed by atoms with Crippen molar-refractivity contribution in [1.29, 1.82) is 0 Å². The van der Waals surface area contributed by atoms with Crippen LogP contribution in [0.15, 0.2) is 47.5 Å². The second-order valence-corrected chi connectivity index (χ2v) is 5.82. The van der Waals surface area contributed by atoms with E-state index in [0.717, 1.165) is 3.97 Å². The molecular formula is C13H13NO4S. The predicted octanol–water partition coefficient (Wildman–Crippen LogP) is 1.82. The molecule has 0 N–H and O–H groups in total. The van der Waals surface area contributed by atoms with Gasteiger partial charge in [-0.15, -0.1) is 0 Å². The minimum atomic E-state index is -3.79. The van der Waals surface area contributed by atoms with Crippen molar-refractivity contribution in [2.45, 2.75) is 11.8 Å². The Morgan fingerprint density at radius 1 is 1.21 bits per heavy atom. The summed E-state index contributed by atoms with van der Waals surface area (Å²) in [6.07, 6.45) is 1.40. The molecule has 0 bridgehead atoms. The highest BCUT2D eigenvalue weighted by Gasteiger charge is 2.23. The van der Waals surface area contributed by atoms with E-state index in [1.807, 2.05) is 0 Å². The molecule has 0 radical (unpaired) electrons. The molecule has 0 atom stereocenters. The zero-order valence-electron chi connectivity index (χ0n) is 10.5. The molecule has 0 aliphatic rings. The predicted molar refractivity (Wildman–Crippen MR) is 69.5 cm³/mol. The van der Waals surface area contributed by atoms with Gasteiger partial charge in [-0.1, -0.05) is 18.2 Å². The quantitative estimate of drug-likeness (QED) is 0.804. The van der Waals surface area contributed by atoms with Crippen LogP contribution in [0.25, 0.3) is 0 Å². The molecule has 0 unspecified atom stereocenters. The molecule has 0 saturated heterocycles. The van der Waals surface area contributed by atoms with Gasteiger partial charge in [0.1, 0.15) is 5.69 Å². The van der Waals surface area contributed by atoms with Crippen molar-refractivity contribution in [1.82, 2.24) is 3.97 Å². The van der Waals surface area contributed by atoms with Crippen LogP contribution in [0.1, 0.15) is 16.1 Å². The maximum absolute atomic E-state index is 12.4. The topological polar surface area (TPSA) is 65.4 Å². The number of nitrogens with zero attached hydrogens (tertiary/aromatic N) is 1. The first kappa shape index (κ1) is 13.4. The van der Waals surface area contributed by atoms with Crippen molar-refractivity contribution in [2.75, 3.05) is 7.11 Å². The summed E-state index contributed by atoms with van der Waals surface area (Å²) >= 11 is 0. The number of rotatable bonds is 3. The molecule has 0 spiro atoms. The average Bonchev–Trinajstić information content (AvgIpc) is 2.81. The Bertz CT molecular complexity index is 701. The van der Waals surface area contributed by atoms with Crippen molar-refractivity contribution in [3.63, 3.8) is 0 Å². The van der Waals surface area contributed by atoms with Gasteiger partial charge in [0.25, 0.3) is 10.0 Å². The number of carbonyl (C=O) groups excluding carboxylic acids is 1. The number of carbonyl (C=O) groups is 1. The summed E-state index contributed by atoms with van der Waals surface area (Å²) in [5.74, 6) is -0.687. The minimum absolute atomic E-state index is 0.0103. The van der Waals surface area contributed by atoms with Crippen molar-refractivity contribution in [3.8, 4) is 0 Å². The van der Waals surface area contributed by atoms with E-state index in [1.54, 1.807) is 25.1 Å². The fraction of sp³-hybridized carbons (Fsp3) is 0.154. The van der Waals surface area contributed by atoms with Crippen LogP contribution in [-0.2, 0) is 14.8 Å². The molecule has 0 amide bonds. The Kier molecular flexibility index (Phi) is 3.44. The molecule has 0 fully saturated rings. The lowest BCUT2D eigenvalue weighted by molar-refractivity contribution is 0.0593. The summed E-state index contributed by atoms with van der Waals surface area (Å²) in [6, 6.07) is 9.41. The summed E-state index contributed by atoms with van der Waals surface area (Å²) in [5, 5.41) is 0. The first-order valence-corrected chi connectivity index (χ1v) is 6.99. The van der Waals surface area contributed by atoms with E-state index in [1.165, 1.54) is 31.5 Å². The van der Waals surface area contributed by atoms with E-state index in [-0.39, 0.29) is 10.6 Å². The molecule has 2 rings (SSSR count). The van der Waals surface area contributed by atoms with Gasteiger partial charge in [0, 0.05) is 6.20 Å². The Labute approximate surface area is 111 Å². The second kappa shape index (κ2) is 4.89. The molecule has 0 aliphatic heterocycles. The highest BCUT2D eigenvalue weighted by atomic mass is 32.2. The van der Waals surface area contributed by atoms with Gasteiger partial charge in [0.05, 0.1) is 12.0 Å². The zero-order chi connectivity index (χ0) is 14.0. The normalized spacial score (nSPS) is 11.3. The molecule has 2 aromatic rings. The zero-order valence-corrected chi connectivity index (χ0v) is 11.3. The van der Waals surface area contributed by atoms with Crippen LogP contribution in [0.2, 0.25) is 0 Å². The highest BCUT2D eigenvalue weighted by molar-refractivity contribution is 7.90. The third-order valence-corrected chi connectivity index (χ3v) is 4.31. The number of ether oxygens (including phenoxy) is 1. The third-order valence-electron chi connectivity index (χ3n) is 2.62. The van der Waals surface area contributed by atoms with Crippen LogP contribution >= 0.6 is 0 Å². The summed E-state index contributed by atoms with van der Waals surface area (Å²) in [4.78, 5) is 11.7. The molecule has 5 nitrogen and oxygen atoms in total. The number of esters is 1. The fourth-order valence-corrected chi connectivity index (χ4v) is 3.15. The Morgan fingerprint density at radius 2 is 1.84 bits per heavy atom. The first-order chi connectivity index (χ1) is 8.96. The highest BCUT2D eigenvalue weighted by Crippen LogP contribution is 2.18. The largest absolute Gasteiger partial charge is 0.464 e. The number of aromatic nitrogens is 1. The molecule has 19 heavy (non-hydrogen) atoms. The lowest BCUT2D eigenvalue weighted by Crippen LogP contribution is -2.18. The third kappa shape index (κ3) is 2.39. The monoisotopic (exact) mass is 279 g/mol. The van der Waals surface area contributed by atoms with Gasteiger partial charge >= 0.3 is 5.97 Å². The molecular weight excluding hydrogens is 266 g/mol. The van der Waals surface area contributed by atoms with Gasteiger partial charge in [0.2, 0.25) is 0 Å². The maximum Gasteiger partial charge on any atom is 0.355 e. The SMILES string of the molecule is COC(=O)c1cc(C)cn1S(=O)(=O)c1ccccc1. The van der Waals surface area contributed by atoms with E-state index in [9.17, 15) is 13.2 Å². The number of aryl methyl sites for hydroxylation is 1. The maximum atomic E-state index is 12.4. The Balaban J connectivity index is 2.62. The van der Waals surface area contributed by atoms with E-state index in [0.29, 0.717) is 5.56 Å². The van der Waals surface area contributed by atoms with E-state index < -0.39 is 16.0 Å². The van der Waals surface area contributed by atoms with E-state index >= 15 is 0 Å². The van der Waals surface area contributed by atoms with Crippen molar-refractivity contribution in [3.05, 3.63) is 53.9 Å². The van der Waals surface area contributed by atoms with Gasteiger partial charge in [0.15, 0.2) is 0 Å². The minimum Gasteiger partial charge on any atom is -0.464 e. The summed E-state index contributed by atoms with van der Waals surface area (Å²) in [7, 11) is -2.58. The standard InChI is InChI=1S/C13H13NO4S/c1-10-8-12(13(15)18-2)14(9-10)19(16,17)11-6-4-3-5-7-11/h3-9H,1-2H3. The molecule has 0 aliphatic carbocycles. The lowest BCUT2D eigenvalue weighted by atomic mass is 10.3. The summed E-state index contributed by atoms with van der Waals surface area (Å²) in [5.41, 5.74) is 0.656. The van der Waals surface area contributed by atoms with Crippen LogP contribution in [-0.4, -0.2) is 25.5 Å². The number of hydrogen-bond acceptors (Lipinski definition) is 4. The number of hydrogen-bond donors (Lipinski definition) is 0. The van der Waals surface area contributed by atoms with Gasteiger partial charge < -0.3 is 4.74 Å². The van der Waals surface area contributed by atoms with Gasteiger partial charge in [-0.05, 0) is 30.7 Å². The van der Waals surface area contributed by atoms with E-state index in [2.05, 4.69) is 4.74 Å². The van der Waals surface area contributed by atoms with Gasteiger partial charge in [-0.2, -0.15) is 0 Å². The second-order valence-electron chi connectivity index (χ2n) is 4.01. The lowest BCUT2D eigenvalue weighted by Gasteiger charge is -2.08. The van der Waals surface area contributed by atoms with Gasteiger partial charge in [-0.25, -0.2) is 17.2 Å². The van der Waals surface area contributed by atoms with Crippen LogP contribution in [0.5, 0.6) is 0 Å². The molecule has 1 heterocycles.